The highest BCUT2D eigenvalue weighted by molar-refractivity contribution is 7.13. The lowest BCUT2D eigenvalue weighted by molar-refractivity contribution is -0.140. The van der Waals surface area contributed by atoms with Gasteiger partial charge in [0.1, 0.15) is 5.01 Å². The Morgan fingerprint density at radius 3 is 2.67 bits per heavy atom. The summed E-state index contributed by atoms with van der Waals surface area (Å²) < 4.78 is 43.0. The van der Waals surface area contributed by atoms with Crippen LogP contribution >= 0.6 is 11.3 Å². The summed E-state index contributed by atoms with van der Waals surface area (Å²) in [6.45, 7) is 1.60. The Balaban J connectivity index is 2.34. The summed E-state index contributed by atoms with van der Waals surface area (Å²) in [5, 5.41) is 2.09. The van der Waals surface area contributed by atoms with Gasteiger partial charge >= 0.3 is 12.1 Å². The number of benzene rings is 1. The second kappa shape index (κ2) is 5.85. The van der Waals surface area contributed by atoms with Gasteiger partial charge in [-0.05, 0) is 30.7 Å². The predicted molar refractivity (Wildman–Crippen MR) is 73.0 cm³/mol. The third-order valence-corrected chi connectivity index (χ3v) is 3.70. The van der Waals surface area contributed by atoms with E-state index in [2.05, 4.69) is 9.72 Å². The molecular weight excluding hydrogens is 303 g/mol. The first-order valence-electron chi connectivity index (χ1n) is 6.00. The average Bonchev–Trinajstić information content (AvgIpc) is 2.85. The van der Waals surface area contributed by atoms with Crippen molar-refractivity contribution in [1.29, 1.82) is 0 Å². The van der Waals surface area contributed by atoms with Crippen molar-refractivity contribution in [2.45, 2.75) is 19.5 Å². The number of aromatic nitrogens is 1. The molecule has 2 aromatic rings. The number of carbonyl (C=O) groups is 1. The van der Waals surface area contributed by atoms with Crippen LogP contribution in [0.25, 0.3) is 10.6 Å². The molecule has 21 heavy (non-hydrogen) atoms. The van der Waals surface area contributed by atoms with Gasteiger partial charge in [0.05, 0.1) is 24.8 Å². The number of thiazole rings is 1. The summed E-state index contributed by atoms with van der Waals surface area (Å²) in [4.78, 5) is 15.3. The van der Waals surface area contributed by atoms with Crippen LogP contribution in [-0.4, -0.2) is 18.1 Å². The Hall–Kier alpha value is -1.89. The molecule has 2 rings (SSSR count). The van der Waals surface area contributed by atoms with Crippen LogP contribution in [0.2, 0.25) is 0 Å². The van der Waals surface area contributed by atoms with Crippen molar-refractivity contribution < 1.29 is 22.7 Å². The fourth-order valence-corrected chi connectivity index (χ4v) is 2.62. The molecule has 0 aliphatic carbocycles. The standard InChI is InChI=1S/C14H12F3NO2S/c1-8-3-9(5-10(4-8)14(15,16)17)13-18-11(7-21-13)6-12(19)20-2/h3-5,7H,6H2,1-2H3. The molecule has 0 saturated heterocycles. The highest BCUT2D eigenvalue weighted by Gasteiger charge is 2.31. The van der Waals surface area contributed by atoms with Crippen LogP contribution in [0.15, 0.2) is 23.6 Å². The molecule has 0 fully saturated rings. The molecule has 0 radical (unpaired) electrons. The van der Waals surface area contributed by atoms with E-state index >= 15 is 0 Å². The number of hydrogen-bond acceptors (Lipinski definition) is 4. The number of rotatable bonds is 3. The van der Waals surface area contributed by atoms with Crippen LogP contribution in [-0.2, 0) is 22.1 Å². The van der Waals surface area contributed by atoms with E-state index in [1.54, 1.807) is 18.4 Å². The topological polar surface area (TPSA) is 39.2 Å². The van der Waals surface area contributed by atoms with Gasteiger partial charge in [-0.2, -0.15) is 13.2 Å². The van der Waals surface area contributed by atoms with Gasteiger partial charge in [0.2, 0.25) is 0 Å². The van der Waals surface area contributed by atoms with E-state index in [0.29, 0.717) is 21.8 Å². The van der Waals surface area contributed by atoms with Crippen molar-refractivity contribution in [3.8, 4) is 10.6 Å². The largest absolute Gasteiger partial charge is 0.469 e. The molecule has 0 atom stereocenters. The number of esters is 1. The minimum Gasteiger partial charge on any atom is -0.469 e. The summed E-state index contributed by atoms with van der Waals surface area (Å²) in [5.74, 6) is -0.438. The van der Waals surface area contributed by atoms with Crippen LogP contribution in [0, 0.1) is 6.92 Å². The number of alkyl halides is 3. The molecule has 0 bridgehead atoms. The van der Waals surface area contributed by atoms with E-state index in [0.717, 1.165) is 12.1 Å². The van der Waals surface area contributed by atoms with Gasteiger partial charge in [-0.15, -0.1) is 11.3 Å². The quantitative estimate of drug-likeness (QED) is 0.808. The second-order valence-corrected chi connectivity index (χ2v) is 5.34. The molecule has 0 saturated carbocycles. The lowest BCUT2D eigenvalue weighted by Gasteiger charge is -2.09. The molecule has 0 unspecified atom stereocenters. The maximum atomic E-state index is 12.8. The lowest BCUT2D eigenvalue weighted by Crippen LogP contribution is -2.05. The molecule has 1 aromatic heterocycles. The molecule has 1 heterocycles. The fraction of sp³-hybridized carbons (Fsp3) is 0.286. The Kier molecular flexibility index (Phi) is 4.32. The molecule has 0 aliphatic rings. The molecule has 0 aliphatic heterocycles. The van der Waals surface area contributed by atoms with E-state index in [1.807, 2.05) is 0 Å². The summed E-state index contributed by atoms with van der Waals surface area (Å²) in [5.41, 5.74) is 0.673. The van der Waals surface area contributed by atoms with Crippen LogP contribution in [0.1, 0.15) is 16.8 Å². The number of methoxy groups -OCH3 is 1. The summed E-state index contributed by atoms with van der Waals surface area (Å²) in [6.07, 6.45) is -4.39. The number of hydrogen-bond donors (Lipinski definition) is 0. The number of carbonyl (C=O) groups excluding carboxylic acids is 1. The predicted octanol–water partition coefficient (Wildman–Crippen LogP) is 3.85. The van der Waals surface area contributed by atoms with Gasteiger partial charge in [0.25, 0.3) is 0 Å². The molecule has 0 N–H and O–H groups in total. The fourth-order valence-electron chi connectivity index (χ4n) is 1.81. The number of aryl methyl sites for hydroxylation is 1. The van der Waals surface area contributed by atoms with E-state index < -0.39 is 17.7 Å². The number of halogens is 3. The van der Waals surface area contributed by atoms with Crippen molar-refractivity contribution >= 4 is 17.3 Å². The van der Waals surface area contributed by atoms with Gasteiger partial charge in [-0.3, -0.25) is 4.79 Å². The van der Waals surface area contributed by atoms with Crippen molar-refractivity contribution in [1.82, 2.24) is 4.98 Å². The van der Waals surface area contributed by atoms with Crippen LogP contribution in [0.3, 0.4) is 0 Å². The zero-order valence-corrected chi connectivity index (χ0v) is 12.1. The maximum absolute atomic E-state index is 12.8. The first kappa shape index (κ1) is 15.5. The monoisotopic (exact) mass is 315 g/mol. The Morgan fingerprint density at radius 2 is 2.05 bits per heavy atom. The zero-order valence-electron chi connectivity index (χ0n) is 11.3. The summed E-state index contributed by atoms with van der Waals surface area (Å²) in [6, 6.07) is 3.79. The van der Waals surface area contributed by atoms with E-state index in [-0.39, 0.29) is 6.42 Å². The summed E-state index contributed by atoms with van der Waals surface area (Å²) >= 11 is 1.20. The van der Waals surface area contributed by atoms with Gasteiger partial charge in [0, 0.05) is 10.9 Å². The highest BCUT2D eigenvalue weighted by Crippen LogP contribution is 2.34. The van der Waals surface area contributed by atoms with Crippen molar-refractivity contribution in [2.75, 3.05) is 7.11 Å². The second-order valence-electron chi connectivity index (χ2n) is 4.48. The van der Waals surface area contributed by atoms with Gasteiger partial charge < -0.3 is 4.74 Å². The minimum absolute atomic E-state index is 0.00490. The van der Waals surface area contributed by atoms with Crippen LogP contribution < -0.4 is 0 Å². The Bertz CT molecular complexity index is 664. The highest BCUT2D eigenvalue weighted by atomic mass is 32.1. The Morgan fingerprint density at radius 1 is 1.33 bits per heavy atom. The normalized spacial score (nSPS) is 11.5. The summed E-state index contributed by atoms with van der Waals surface area (Å²) in [7, 11) is 1.27. The first-order valence-corrected chi connectivity index (χ1v) is 6.88. The first-order chi connectivity index (χ1) is 9.79. The van der Waals surface area contributed by atoms with Crippen molar-refractivity contribution in [3.63, 3.8) is 0 Å². The lowest BCUT2D eigenvalue weighted by atomic mass is 10.1. The third-order valence-electron chi connectivity index (χ3n) is 2.76. The van der Waals surface area contributed by atoms with Gasteiger partial charge in [0.15, 0.2) is 0 Å². The van der Waals surface area contributed by atoms with E-state index in [4.69, 9.17) is 0 Å². The van der Waals surface area contributed by atoms with Crippen LogP contribution in [0.5, 0.6) is 0 Å². The van der Waals surface area contributed by atoms with E-state index in [1.165, 1.54) is 18.4 Å². The maximum Gasteiger partial charge on any atom is 0.416 e. The van der Waals surface area contributed by atoms with Gasteiger partial charge in [-0.1, -0.05) is 0 Å². The minimum atomic E-state index is -4.40. The molecule has 0 amide bonds. The smallest absolute Gasteiger partial charge is 0.416 e. The number of ether oxygens (including phenoxy) is 1. The molecule has 7 heteroatoms. The molecule has 1 aromatic carbocycles. The SMILES string of the molecule is COC(=O)Cc1csc(-c2cc(C)cc(C(F)(F)F)c2)n1. The van der Waals surface area contributed by atoms with Crippen molar-refractivity contribution in [2.24, 2.45) is 0 Å². The molecule has 0 spiro atoms. The van der Waals surface area contributed by atoms with Gasteiger partial charge in [-0.25, -0.2) is 4.98 Å². The van der Waals surface area contributed by atoms with E-state index in [9.17, 15) is 18.0 Å². The molecule has 3 nitrogen and oxygen atoms in total. The molecular formula is C14H12F3NO2S. The average molecular weight is 315 g/mol. The number of nitrogens with zero attached hydrogens (tertiary/aromatic N) is 1. The molecule has 112 valence electrons. The zero-order chi connectivity index (χ0) is 15.6. The third kappa shape index (κ3) is 3.81. The van der Waals surface area contributed by atoms with Crippen molar-refractivity contribution in [3.05, 3.63) is 40.4 Å². The van der Waals surface area contributed by atoms with Crippen LogP contribution in [0.4, 0.5) is 13.2 Å². The Labute approximate surface area is 123 Å².